The van der Waals surface area contributed by atoms with E-state index in [1.807, 2.05) is 60.7 Å². The fourth-order valence-corrected chi connectivity index (χ4v) is 3.32. The Morgan fingerprint density at radius 3 is 2.20 bits per heavy atom. The zero-order chi connectivity index (χ0) is 17.8. The predicted molar refractivity (Wildman–Crippen MR) is 97.9 cm³/mol. The smallest absolute Gasteiger partial charge is 0.317 e. The first-order chi connectivity index (χ1) is 12.1. The highest BCUT2D eigenvalue weighted by Crippen LogP contribution is 2.40. The number of hydrogen-bond acceptors (Lipinski definition) is 3. The summed E-state index contributed by atoms with van der Waals surface area (Å²) in [5.41, 5.74) is 2.98. The number of ether oxygens (including phenoxy) is 1. The number of benzene rings is 2. The first-order valence-corrected chi connectivity index (χ1v) is 8.61. The van der Waals surface area contributed by atoms with Gasteiger partial charge in [0.05, 0.1) is 6.10 Å². The lowest BCUT2D eigenvalue weighted by atomic mass is 9.73. The van der Waals surface area contributed by atoms with Gasteiger partial charge in [0.15, 0.2) is 5.78 Å². The van der Waals surface area contributed by atoms with Crippen molar-refractivity contribution in [3.8, 4) is 0 Å². The van der Waals surface area contributed by atoms with Gasteiger partial charge < -0.3 is 4.74 Å². The number of hydrogen-bond donors (Lipinski definition) is 0. The maximum atomic E-state index is 12.8. The van der Waals surface area contributed by atoms with E-state index in [1.165, 1.54) is 0 Å². The Morgan fingerprint density at radius 2 is 1.60 bits per heavy atom. The average Bonchev–Trinajstić information content (AvgIpc) is 2.61. The van der Waals surface area contributed by atoms with Gasteiger partial charge in [0.25, 0.3) is 0 Å². The Hall–Kier alpha value is -2.68. The van der Waals surface area contributed by atoms with Gasteiger partial charge >= 0.3 is 5.97 Å². The van der Waals surface area contributed by atoms with E-state index in [0.717, 1.165) is 16.7 Å². The monoisotopic (exact) mass is 334 g/mol. The van der Waals surface area contributed by atoms with Crippen molar-refractivity contribution >= 4 is 17.3 Å². The molecule has 3 nitrogen and oxygen atoms in total. The molecule has 0 heterocycles. The number of carbonyl (C=O) groups excluding carboxylic acids is 2. The molecule has 1 aliphatic rings. The zero-order valence-electron chi connectivity index (χ0n) is 14.5. The van der Waals surface area contributed by atoms with Crippen LogP contribution in [-0.4, -0.2) is 17.9 Å². The molecule has 2 atom stereocenters. The molecule has 1 aliphatic carbocycles. The molecule has 0 bridgehead atoms. The predicted octanol–water partition coefficient (Wildman–Crippen LogP) is 4.39. The normalized spacial score (nSPS) is 20.3. The summed E-state index contributed by atoms with van der Waals surface area (Å²) in [6, 6.07) is 19.6. The lowest BCUT2D eigenvalue weighted by Gasteiger charge is -2.30. The molecule has 0 aromatic heterocycles. The third-order valence-corrected chi connectivity index (χ3v) is 4.44. The van der Waals surface area contributed by atoms with E-state index in [2.05, 4.69) is 0 Å². The molecule has 0 aliphatic heterocycles. The van der Waals surface area contributed by atoms with Crippen LogP contribution in [0.3, 0.4) is 0 Å². The number of carbonyl (C=O) groups is 2. The van der Waals surface area contributed by atoms with E-state index in [1.54, 1.807) is 19.9 Å². The number of rotatable bonds is 4. The molecule has 2 aromatic rings. The summed E-state index contributed by atoms with van der Waals surface area (Å²) in [5.74, 6) is -1.60. The number of esters is 1. The van der Waals surface area contributed by atoms with Crippen LogP contribution in [0.4, 0.5) is 0 Å². The van der Waals surface area contributed by atoms with E-state index in [0.29, 0.717) is 6.42 Å². The van der Waals surface area contributed by atoms with Gasteiger partial charge in [0, 0.05) is 5.92 Å². The minimum absolute atomic E-state index is 0.176. The minimum atomic E-state index is -0.780. The summed E-state index contributed by atoms with van der Waals surface area (Å²) in [4.78, 5) is 25.4. The van der Waals surface area contributed by atoms with Crippen LogP contribution >= 0.6 is 0 Å². The molecule has 0 radical (unpaired) electrons. The van der Waals surface area contributed by atoms with Crippen LogP contribution in [0.5, 0.6) is 0 Å². The van der Waals surface area contributed by atoms with Crippen molar-refractivity contribution in [1.82, 2.24) is 0 Å². The largest absolute Gasteiger partial charge is 0.462 e. The van der Waals surface area contributed by atoms with Crippen molar-refractivity contribution in [1.29, 1.82) is 0 Å². The van der Waals surface area contributed by atoms with Gasteiger partial charge in [-0.05, 0) is 43.0 Å². The second-order valence-electron chi connectivity index (χ2n) is 6.62. The van der Waals surface area contributed by atoms with Gasteiger partial charge in [0.2, 0.25) is 0 Å². The summed E-state index contributed by atoms with van der Waals surface area (Å²) < 4.78 is 5.36. The van der Waals surface area contributed by atoms with Crippen LogP contribution < -0.4 is 0 Å². The molecule has 0 spiro atoms. The number of ketones is 1. The van der Waals surface area contributed by atoms with Crippen LogP contribution in [0.1, 0.15) is 37.3 Å². The van der Waals surface area contributed by atoms with E-state index in [4.69, 9.17) is 4.74 Å². The molecular weight excluding hydrogens is 312 g/mol. The Balaban J connectivity index is 2.00. The lowest BCUT2D eigenvalue weighted by Crippen LogP contribution is -2.35. The minimum Gasteiger partial charge on any atom is -0.462 e. The summed E-state index contributed by atoms with van der Waals surface area (Å²) in [6.07, 6.45) is 2.01. The molecule has 0 fully saturated rings. The van der Waals surface area contributed by atoms with Gasteiger partial charge in [0.1, 0.15) is 5.92 Å². The molecule has 3 rings (SSSR count). The SMILES string of the molecule is CC(C)OC(=O)[C@H]1C(=O)C=C(c2ccccc2)C[C@H]1c1ccccc1. The van der Waals surface area contributed by atoms with Crippen molar-refractivity contribution < 1.29 is 14.3 Å². The van der Waals surface area contributed by atoms with Gasteiger partial charge in [-0.15, -0.1) is 0 Å². The van der Waals surface area contributed by atoms with E-state index in [-0.39, 0.29) is 17.8 Å². The summed E-state index contributed by atoms with van der Waals surface area (Å²) in [5, 5.41) is 0. The summed E-state index contributed by atoms with van der Waals surface area (Å²) in [6.45, 7) is 3.60. The van der Waals surface area contributed by atoms with Gasteiger partial charge in [-0.3, -0.25) is 9.59 Å². The first kappa shape index (κ1) is 17.2. The Labute approximate surface area is 148 Å². The van der Waals surface area contributed by atoms with Crippen LogP contribution in [-0.2, 0) is 14.3 Å². The molecule has 25 heavy (non-hydrogen) atoms. The third kappa shape index (κ3) is 3.87. The summed E-state index contributed by atoms with van der Waals surface area (Å²) in [7, 11) is 0. The van der Waals surface area contributed by atoms with E-state index >= 15 is 0 Å². The maximum Gasteiger partial charge on any atom is 0.317 e. The third-order valence-electron chi connectivity index (χ3n) is 4.44. The topological polar surface area (TPSA) is 43.4 Å². The van der Waals surface area contributed by atoms with E-state index < -0.39 is 11.9 Å². The van der Waals surface area contributed by atoms with Gasteiger partial charge in [-0.1, -0.05) is 60.7 Å². The molecule has 0 N–H and O–H groups in total. The van der Waals surface area contributed by atoms with Gasteiger partial charge in [-0.25, -0.2) is 0 Å². The molecule has 0 unspecified atom stereocenters. The Kier molecular flexibility index (Phi) is 5.13. The highest BCUT2D eigenvalue weighted by atomic mass is 16.5. The van der Waals surface area contributed by atoms with Crippen LogP contribution in [0, 0.1) is 5.92 Å². The van der Waals surface area contributed by atoms with Crippen molar-refractivity contribution in [2.24, 2.45) is 5.92 Å². The molecule has 3 heteroatoms. The van der Waals surface area contributed by atoms with Crippen LogP contribution in [0.2, 0.25) is 0 Å². The second kappa shape index (κ2) is 7.47. The highest BCUT2D eigenvalue weighted by molar-refractivity contribution is 6.10. The summed E-state index contributed by atoms with van der Waals surface area (Å²) >= 11 is 0. The standard InChI is InChI=1S/C22H22O3/c1-15(2)25-22(24)21-19(17-11-7-4-8-12-17)13-18(14-20(21)23)16-9-5-3-6-10-16/h3-12,14-15,19,21H,13H2,1-2H3/t19-,21+/m0/s1. The van der Waals surface area contributed by atoms with Crippen molar-refractivity contribution in [3.63, 3.8) is 0 Å². The van der Waals surface area contributed by atoms with Crippen LogP contribution in [0.25, 0.3) is 5.57 Å². The lowest BCUT2D eigenvalue weighted by molar-refractivity contribution is -0.155. The molecule has 0 amide bonds. The van der Waals surface area contributed by atoms with Gasteiger partial charge in [-0.2, -0.15) is 0 Å². The maximum absolute atomic E-state index is 12.8. The van der Waals surface area contributed by atoms with Crippen molar-refractivity contribution in [2.75, 3.05) is 0 Å². The highest BCUT2D eigenvalue weighted by Gasteiger charge is 2.40. The zero-order valence-corrected chi connectivity index (χ0v) is 14.5. The molecule has 128 valence electrons. The molecule has 0 saturated carbocycles. The van der Waals surface area contributed by atoms with Crippen molar-refractivity contribution in [2.45, 2.75) is 32.3 Å². The van der Waals surface area contributed by atoms with E-state index in [9.17, 15) is 9.59 Å². The fourth-order valence-electron chi connectivity index (χ4n) is 3.32. The molecule has 0 saturated heterocycles. The van der Waals surface area contributed by atoms with Crippen LogP contribution in [0.15, 0.2) is 66.7 Å². The number of allylic oxidation sites excluding steroid dienone is 2. The Bertz CT molecular complexity index is 775. The first-order valence-electron chi connectivity index (χ1n) is 8.61. The molecular formula is C22H22O3. The second-order valence-corrected chi connectivity index (χ2v) is 6.62. The fraction of sp³-hybridized carbons (Fsp3) is 0.273. The quantitative estimate of drug-likeness (QED) is 0.615. The Morgan fingerprint density at radius 1 is 1.00 bits per heavy atom. The molecule has 2 aromatic carbocycles. The van der Waals surface area contributed by atoms with Crippen molar-refractivity contribution in [3.05, 3.63) is 77.9 Å². The average molecular weight is 334 g/mol.